The van der Waals surface area contributed by atoms with Gasteiger partial charge in [0.25, 0.3) is 0 Å². The number of hydrogen-bond acceptors (Lipinski definition) is 2. The van der Waals surface area contributed by atoms with E-state index in [0.29, 0.717) is 0 Å². The average Bonchev–Trinajstić information content (AvgIpc) is 2.76. The van der Waals surface area contributed by atoms with Crippen molar-refractivity contribution >= 4 is 22.7 Å². The molecule has 130 valence electrons. The van der Waals surface area contributed by atoms with E-state index in [2.05, 4.69) is 57.3 Å². The fourth-order valence-corrected chi connectivity index (χ4v) is 3.28. The zero-order valence-electron chi connectivity index (χ0n) is 14.7. The molecule has 0 radical (unpaired) electrons. The molecule has 0 aromatic heterocycles. The van der Waals surface area contributed by atoms with Crippen LogP contribution in [0.4, 0.5) is 11.4 Å². The zero-order chi connectivity index (χ0) is 18.3. The van der Waals surface area contributed by atoms with Gasteiger partial charge in [-0.2, -0.15) is 8.73 Å². The van der Waals surface area contributed by atoms with Crippen molar-refractivity contribution in [1.29, 1.82) is 0 Å². The van der Waals surface area contributed by atoms with Crippen LogP contribution in [0, 0.1) is 0 Å². The molecule has 0 heterocycles. The second-order valence-electron chi connectivity index (χ2n) is 6.09. The molecule has 0 bridgehead atoms. The van der Waals surface area contributed by atoms with Gasteiger partial charge < -0.3 is 0 Å². The molecule has 3 heteroatoms. The number of benzene rings is 4. The summed E-state index contributed by atoms with van der Waals surface area (Å²) in [5, 5.41) is 0. The summed E-state index contributed by atoms with van der Waals surface area (Å²) in [7, 11) is 0. The molecule has 0 saturated carbocycles. The first-order valence-corrected chi connectivity index (χ1v) is 9.51. The fraction of sp³-hybridized carbons (Fsp3) is 0. The van der Waals surface area contributed by atoms with Crippen LogP contribution < -0.4 is 0 Å². The summed E-state index contributed by atoms with van der Waals surface area (Å²) in [6.07, 6.45) is 0. The van der Waals surface area contributed by atoms with Crippen LogP contribution in [-0.2, 0) is 11.4 Å². The molecule has 0 aliphatic rings. The van der Waals surface area contributed by atoms with Gasteiger partial charge in [-0.05, 0) is 46.5 Å². The molecule has 0 saturated heterocycles. The van der Waals surface area contributed by atoms with Gasteiger partial charge in [0.05, 0.1) is 22.7 Å². The van der Waals surface area contributed by atoms with E-state index in [0.717, 1.165) is 11.4 Å². The Morgan fingerprint density at radius 1 is 0.370 bits per heavy atom. The lowest BCUT2D eigenvalue weighted by molar-refractivity contribution is 1.53. The molecule has 0 fully saturated rings. The van der Waals surface area contributed by atoms with Gasteiger partial charge in [0.2, 0.25) is 0 Å². The van der Waals surface area contributed by atoms with Gasteiger partial charge in [-0.3, -0.25) is 0 Å². The second kappa shape index (κ2) is 8.39. The summed E-state index contributed by atoms with van der Waals surface area (Å²) in [5.41, 5.74) is 6.61. The lowest BCUT2D eigenvalue weighted by Crippen LogP contribution is -1.75. The van der Waals surface area contributed by atoms with Gasteiger partial charge in [-0.1, -0.05) is 84.9 Å². The van der Waals surface area contributed by atoms with Crippen molar-refractivity contribution in [3.8, 4) is 22.3 Å². The molecule has 0 atom stereocenters. The second-order valence-corrected chi connectivity index (χ2v) is 6.62. The van der Waals surface area contributed by atoms with Crippen molar-refractivity contribution in [1.82, 2.24) is 0 Å². The number of nitrogens with zero attached hydrogens (tertiary/aromatic N) is 2. The largest absolute Gasteiger partial charge is 0.175 e. The Morgan fingerprint density at radius 2 is 0.704 bits per heavy atom. The van der Waals surface area contributed by atoms with Gasteiger partial charge in [0, 0.05) is 0 Å². The molecule has 27 heavy (non-hydrogen) atoms. The van der Waals surface area contributed by atoms with Crippen LogP contribution >= 0.6 is 0 Å². The summed E-state index contributed by atoms with van der Waals surface area (Å²) in [4.78, 5) is 0. The smallest absolute Gasteiger partial charge is 0.0776 e. The summed E-state index contributed by atoms with van der Waals surface area (Å²) >= 11 is 1.21. The van der Waals surface area contributed by atoms with E-state index in [1.54, 1.807) is 0 Å². The van der Waals surface area contributed by atoms with Crippen LogP contribution in [0.2, 0.25) is 0 Å². The van der Waals surface area contributed by atoms with Gasteiger partial charge in [0.1, 0.15) is 0 Å². The minimum absolute atomic E-state index is 0.907. The molecule has 0 spiro atoms. The lowest BCUT2D eigenvalue weighted by atomic mass is 10.1. The summed E-state index contributed by atoms with van der Waals surface area (Å²) in [6.45, 7) is 0. The van der Waals surface area contributed by atoms with Crippen LogP contribution in [0.15, 0.2) is 118 Å². The van der Waals surface area contributed by atoms with E-state index < -0.39 is 0 Å². The highest BCUT2D eigenvalue weighted by Gasteiger charge is 1.97. The topological polar surface area (TPSA) is 24.7 Å². The van der Waals surface area contributed by atoms with E-state index >= 15 is 0 Å². The van der Waals surface area contributed by atoms with Crippen LogP contribution in [0.3, 0.4) is 0 Å². The highest BCUT2D eigenvalue weighted by Crippen LogP contribution is 2.23. The molecule has 0 aliphatic heterocycles. The van der Waals surface area contributed by atoms with Crippen molar-refractivity contribution < 1.29 is 0 Å². The molecular weight excluding hydrogens is 348 g/mol. The summed E-state index contributed by atoms with van der Waals surface area (Å²) in [6, 6.07) is 37.1. The van der Waals surface area contributed by atoms with Crippen molar-refractivity contribution in [2.75, 3.05) is 0 Å². The Kier molecular flexibility index (Phi) is 5.32. The maximum atomic E-state index is 4.47. The minimum atomic E-state index is 0.907. The van der Waals surface area contributed by atoms with Crippen LogP contribution in [-0.4, -0.2) is 0 Å². The third-order valence-electron chi connectivity index (χ3n) is 4.24. The molecule has 4 rings (SSSR count). The molecular formula is C24H18N2S. The standard InChI is InChI=1S/C24H18N2S/c1-3-7-19(8-4-1)21-11-15-23(16-12-21)25-27-26-24-17-13-22(14-18-24)20-9-5-2-6-10-20/h1-18H. The number of rotatable bonds is 4. The van der Waals surface area contributed by atoms with E-state index in [9.17, 15) is 0 Å². The van der Waals surface area contributed by atoms with Crippen molar-refractivity contribution in [2.24, 2.45) is 8.73 Å². The summed E-state index contributed by atoms with van der Waals surface area (Å²) < 4.78 is 8.93. The fourth-order valence-electron chi connectivity index (χ4n) is 2.81. The monoisotopic (exact) mass is 366 g/mol. The molecule has 4 aromatic rings. The Bertz CT molecular complexity index is 978. The SMILES string of the molecule is c1ccc(-c2ccc(N=S=Nc3ccc(-c4ccccc4)cc3)cc2)cc1. The predicted molar refractivity (Wildman–Crippen MR) is 115 cm³/mol. The Balaban J connectivity index is 1.47. The van der Waals surface area contributed by atoms with Gasteiger partial charge >= 0.3 is 0 Å². The quantitative estimate of drug-likeness (QED) is 0.359. The first kappa shape index (κ1) is 17.1. The van der Waals surface area contributed by atoms with E-state index in [4.69, 9.17) is 0 Å². The van der Waals surface area contributed by atoms with Crippen molar-refractivity contribution in [3.05, 3.63) is 109 Å². The minimum Gasteiger partial charge on any atom is -0.175 e. The van der Waals surface area contributed by atoms with Crippen molar-refractivity contribution in [3.63, 3.8) is 0 Å². The van der Waals surface area contributed by atoms with E-state index in [-0.39, 0.29) is 0 Å². The van der Waals surface area contributed by atoms with Crippen LogP contribution in [0.1, 0.15) is 0 Å². The summed E-state index contributed by atoms with van der Waals surface area (Å²) in [5.74, 6) is 0. The van der Waals surface area contributed by atoms with Crippen LogP contribution in [0.5, 0.6) is 0 Å². The molecule has 4 aromatic carbocycles. The van der Waals surface area contributed by atoms with Crippen LogP contribution in [0.25, 0.3) is 22.3 Å². The number of hydrogen-bond donors (Lipinski definition) is 0. The lowest BCUT2D eigenvalue weighted by Gasteiger charge is -2.01. The van der Waals surface area contributed by atoms with Gasteiger partial charge in [-0.25, -0.2) is 0 Å². The molecule has 0 aliphatic carbocycles. The zero-order valence-corrected chi connectivity index (χ0v) is 15.5. The molecule has 0 amide bonds. The maximum Gasteiger partial charge on any atom is 0.0776 e. The first-order valence-electron chi connectivity index (χ1n) is 8.78. The molecule has 0 unspecified atom stereocenters. The normalized spacial score (nSPS) is 10.2. The highest BCUT2D eigenvalue weighted by molar-refractivity contribution is 7.57. The highest BCUT2D eigenvalue weighted by atomic mass is 32.1. The molecule has 2 nitrogen and oxygen atoms in total. The van der Waals surface area contributed by atoms with E-state index in [1.165, 1.54) is 33.6 Å². The Morgan fingerprint density at radius 3 is 1.07 bits per heavy atom. The first-order chi connectivity index (χ1) is 13.4. The Labute approximate surface area is 163 Å². The van der Waals surface area contributed by atoms with Crippen molar-refractivity contribution in [2.45, 2.75) is 0 Å². The third kappa shape index (κ3) is 4.46. The molecule has 0 N–H and O–H groups in total. The van der Waals surface area contributed by atoms with Gasteiger partial charge in [0.15, 0.2) is 0 Å². The third-order valence-corrected chi connectivity index (χ3v) is 4.83. The maximum absolute atomic E-state index is 4.47. The Hall–Kier alpha value is -3.30. The average molecular weight is 366 g/mol. The predicted octanol–water partition coefficient (Wildman–Crippen LogP) is 7.43. The van der Waals surface area contributed by atoms with E-state index in [1.807, 2.05) is 60.7 Å². The van der Waals surface area contributed by atoms with Gasteiger partial charge in [-0.15, -0.1) is 0 Å².